The quantitative estimate of drug-likeness (QED) is 0.714. The summed E-state index contributed by atoms with van der Waals surface area (Å²) in [6, 6.07) is 11.7. The molecule has 0 fully saturated rings. The van der Waals surface area contributed by atoms with Crippen LogP contribution in [-0.2, 0) is 13.0 Å². The molecule has 6 nitrogen and oxygen atoms in total. The lowest BCUT2D eigenvalue weighted by Gasteiger charge is -2.05. The number of nitrogens with zero attached hydrogens (tertiary/aromatic N) is 2. The molecule has 0 radical (unpaired) electrons. The predicted octanol–water partition coefficient (Wildman–Crippen LogP) is 3.39. The van der Waals surface area contributed by atoms with E-state index >= 15 is 0 Å². The van der Waals surface area contributed by atoms with E-state index in [1.54, 1.807) is 19.2 Å². The van der Waals surface area contributed by atoms with Crippen LogP contribution in [0, 0.1) is 5.82 Å². The third kappa shape index (κ3) is 4.18. The second-order valence-electron chi connectivity index (χ2n) is 5.41. The highest BCUT2D eigenvalue weighted by Gasteiger charge is 2.17. The lowest BCUT2D eigenvalue weighted by atomic mass is 10.1. The van der Waals surface area contributed by atoms with Crippen LogP contribution in [0.25, 0.3) is 0 Å². The zero-order valence-corrected chi connectivity index (χ0v) is 14.6. The molecule has 0 aliphatic rings. The number of carbonyl (C=O) groups is 1. The van der Waals surface area contributed by atoms with Gasteiger partial charge in [-0.15, -0.1) is 10.2 Å². The topological polar surface area (TPSA) is 77.2 Å². The molecule has 3 aromatic rings. The second kappa shape index (κ2) is 7.97. The molecule has 3 rings (SSSR count). The van der Waals surface area contributed by atoms with Crippen LogP contribution < -0.4 is 10.1 Å². The average molecular weight is 376 g/mol. The summed E-state index contributed by atoms with van der Waals surface area (Å²) in [5.41, 5.74) is 1.09. The summed E-state index contributed by atoms with van der Waals surface area (Å²) >= 11 is 5.97. The Morgan fingerprint density at radius 3 is 2.85 bits per heavy atom. The van der Waals surface area contributed by atoms with Crippen LogP contribution in [0.3, 0.4) is 0 Å². The smallest absolute Gasteiger partial charge is 0.309 e. The van der Waals surface area contributed by atoms with E-state index in [1.807, 2.05) is 18.2 Å². The first-order chi connectivity index (χ1) is 12.6. The van der Waals surface area contributed by atoms with Crippen LogP contribution in [0.4, 0.5) is 4.39 Å². The van der Waals surface area contributed by atoms with E-state index in [0.29, 0.717) is 5.75 Å². The zero-order chi connectivity index (χ0) is 18.5. The molecule has 134 valence electrons. The number of hydrogen-bond acceptors (Lipinski definition) is 5. The Hall–Kier alpha value is -2.93. The van der Waals surface area contributed by atoms with Gasteiger partial charge in [0.15, 0.2) is 0 Å². The van der Waals surface area contributed by atoms with Crippen molar-refractivity contribution in [2.75, 3.05) is 7.11 Å². The Morgan fingerprint density at radius 2 is 2.08 bits per heavy atom. The minimum atomic E-state index is -0.522. The molecule has 2 aromatic carbocycles. The van der Waals surface area contributed by atoms with Crippen LogP contribution >= 0.6 is 11.6 Å². The molecule has 0 spiro atoms. The van der Waals surface area contributed by atoms with E-state index in [9.17, 15) is 9.18 Å². The molecule has 0 bridgehead atoms. The van der Waals surface area contributed by atoms with Gasteiger partial charge in [0.25, 0.3) is 0 Å². The summed E-state index contributed by atoms with van der Waals surface area (Å²) in [5, 5.41) is 10.4. The maximum absolute atomic E-state index is 13.8. The van der Waals surface area contributed by atoms with Crippen LogP contribution in [0.15, 0.2) is 46.9 Å². The zero-order valence-electron chi connectivity index (χ0n) is 13.8. The second-order valence-corrected chi connectivity index (χ2v) is 5.82. The Labute approximate surface area is 154 Å². The summed E-state index contributed by atoms with van der Waals surface area (Å²) in [6.45, 7) is 0.271. The van der Waals surface area contributed by atoms with Gasteiger partial charge in [0, 0.05) is 17.1 Å². The molecule has 1 aromatic heterocycles. The van der Waals surface area contributed by atoms with Gasteiger partial charge in [0.2, 0.25) is 5.89 Å². The molecule has 26 heavy (non-hydrogen) atoms. The highest BCUT2D eigenvalue weighted by molar-refractivity contribution is 6.31. The molecule has 0 aliphatic heterocycles. The van der Waals surface area contributed by atoms with Crippen molar-refractivity contribution in [1.82, 2.24) is 15.5 Å². The fourth-order valence-electron chi connectivity index (χ4n) is 2.31. The number of ether oxygens (including phenoxy) is 1. The van der Waals surface area contributed by atoms with Crippen molar-refractivity contribution in [3.05, 3.63) is 76.2 Å². The van der Waals surface area contributed by atoms with E-state index in [1.165, 1.54) is 12.1 Å². The van der Waals surface area contributed by atoms with Crippen molar-refractivity contribution < 1.29 is 18.3 Å². The third-order valence-corrected chi connectivity index (χ3v) is 3.99. The lowest BCUT2D eigenvalue weighted by molar-refractivity contribution is 0.0914. The Bertz CT molecular complexity index is 909. The molecule has 1 amide bonds. The van der Waals surface area contributed by atoms with Crippen LogP contribution in [0.5, 0.6) is 5.75 Å². The number of halogens is 2. The van der Waals surface area contributed by atoms with Crippen molar-refractivity contribution in [2.24, 2.45) is 0 Å². The number of hydrogen-bond donors (Lipinski definition) is 1. The molecule has 1 heterocycles. The first-order valence-corrected chi connectivity index (χ1v) is 8.11. The fourth-order valence-corrected chi connectivity index (χ4v) is 2.54. The number of benzene rings is 2. The number of carbonyl (C=O) groups excluding carboxylic acids is 1. The van der Waals surface area contributed by atoms with Gasteiger partial charge in [-0.1, -0.05) is 29.8 Å². The van der Waals surface area contributed by atoms with E-state index in [-0.39, 0.29) is 35.3 Å². The molecule has 0 aliphatic carbocycles. The van der Waals surface area contributed by atoms with Gasteiger partial charge < -0.3 is 14.5 Å². The number of rotatable bonds is 6. The van der Waals surface area contributed by atoms with Crippen LogP contribution in [-0.4, -0.2) is 23.2 Å². The molecule has 0 saturated carbocycles. The Morgan fingerprint density at radius 1 is 1.27 bits per heavy atom. The van der Waals surface area contributed by atoms with Gasteiger partial charge in [0.1, 0.15) is 11.6 Å². The van der Waals surface area contributed by atoms with Gasteiger partial charge in [-0.3, -0.25) is 4.79 Å². The fraction of sp³-hybridized carbons (Fsp3) is 0.167. The van der Waals surface area contributed by atoms with Crippen molar-refractivity contribution in [3.63, 3.8) is 0 Å². The largest absolute Gasteiger partial charge is 0.497 e. The molecule has 0 unspecified atom stereocenters. The van der Waals surface area contributed by atoms with Gasteiger partial charge >= 0.3 is 11.8 Å². The number of amides is 1. The van der Waals surface area contributed by atoms with Gasteiger partial charge in [-0.25, -0.2) is 4.39 Å². The normalized spacial score (nSPS) is 10.6. The number of aromatic nitrogens is 2. The first-order valence-electron chi connectivity index (χ1n) is 7.73. The van der Waals surface area contributed by atoms with Gasteiger partial charge in [0.05, 0.1) is 13.5 Å². The van der Waals surface area contributed by atoms with Gasteiger partial charge in [-0.05, 0) is 29.8 Å². The summed E-state index contributed by atoms with van der Waals surface area (Å²) in [6.07, 6.45) is 0.00166. The Balaban J connectivity index is 1.64. The summed E-state index contributed by atoms with van der Waals surface area (Å²) in [7, 11) is 1.57. The predicted molar refractivity (Wildman–Crippen MR) is 92.7 cm³/mol. The summed E-state index contributed by atoms with van der Waals surface area (Å²) in [4.78, 5) is 12.1. The average Bonchev–Trinajstić information content (AvgIpc) is 3.12. The number of nitrogens with one attached hydrogen (secondary N) is 1. The monoisotopic (exact) mass is 375 g/mol. The molecule has 1 N–H and O–H groups in total. The summed E-state index contributed by atoms with van der Waals surface area (Å²) < 4.78 is 24.2. The van der Waals surface area contributed by atoms with Crippen molar-refractivity contribution in [2.45, 2.75) is 13.0 Å². The Kier molecular flexibility index (Phi) is 5.48. The highest BCUT2D eigenvalue weighted by atomic mass is 35.5. The maximum Gasteiger partial charge on any atom is 0.309 e. The number of methoxy groups -OCH3 is 1. The third-order valence-electron chi connectivity index (χ3n) is 3.64. The molecule has 0 saturated heterocycles. The summed E-state index contributed by atoms with van der Waals surface area (Å²) in [5.74, 6) is -0.400. The minimum absolute atomic E-state index is 0.00166. The standard InChI is InChI=1S/C18H15ClFN3O3/c1-25-12-5-2-4-11(8-12)10-21-17(24)18-23-22-16(26-18)9-13-14(19)6-3-7-15(13)20/h2-8H,9-10H2,1H3,(H,21,24). The van der Waals surface area contributed by atoms with Crippen LogP contribution in [0.1, 0.15) is 27.7 Å². The van der Waals surface area contributed by atoms with E-state index < -0.39 is 11.7 Å². The van der Waals surface area contributed by atoms with Crippen molar-refractivity contribution >= 4 is 17.5 Å². The van der Waals surface area contributed by atoms with Crippen LogP contribution in [0.2, 0.25) is 5.02 Å². The SMILES string of the molecule is COc1cccc(CNC(=O)c2nnc(Cc3c(F)cccc3Cl)o2)c1. The lowest BCUT2D eigenvalue weighted by Crippen LogP contribution is -2.23. The molecular formula is C18H15ClFN3O3. The van der Waals surface area contributed by atoms with E-state index in [4.69, 9.17) is 20.8 Å². The highest BCUT2D eigenvalue weighted by Crippen LogP contribution is 2.21. The van der Waals surface area contributed by atoms with Crippen molar-refractivity contribution in [1.29, 1.82) is 0 Å². The molecule has 0 atom stereocenters. The first kappa shape index (κ1) is 17.9. The molecular weight excluding hydrogens is 361 g/mol. The maximum atomic E-state index is 13.8. The van der Waals surface area contributed by atoms with Crippen molar-refractivity contribution in [3.8, 4) is 5.75 Å². The van der Waals surface area contributed by atoms with E-state index in [2.05, 4.69) is 15.5 Å². The molecule has 8 heteroatoms. The van der Waals surface area contributed by atoms with Gasteiger partial charge in [-0.2, -0.15) is 0 Å². The van der Waals surface area contributed by atoms with E-state index in [0.717, 1.165) is 5.56 Å². The minimum Gasteiger partial charge on any atom is -0.497 e.